The Kier molecular flexibility index (Phi) is 3.82. The number of nitrogens with one attached hydrogen (secondary N) is 1. The Hall–Kier alpha value is -1.53. The molecule has 0 amide bonds. The first kappa shape index (κ1) is 13.9. The molecule has 0 fully saturated rings. The summed E-state index contributed by atoms with van der Waals surface area (Å²) in [5.41, 5.74) is 0.959. The Labute approximate surface area is 117 Å². The molecule has 7 heteroatoms. The van der Waals surface area contributed by atoms with Gasteiger partial charge in [0.25, 0.3) is 10.0 Å². The van der Waals surface area contributed by atoms with Crippen molar-refractivity contribution >= 4 is 27.3 Å². The van der Waals surface area contributed by atoms with Crippen LogP contribution in [0.15, 0.2) is 35.5 Å². The van der Waals surface area contributed by atoms with Crippen molar-refractivity contribution < 1.29 is 8.42 Å². The van der Waals surface area contributed by atoms with Crippen LogP contribution >= 0.6 is 11.6 Å². The fourth-order valence-corrected chi connectivity index (χ4v) is 3.21. The molecular formula is C12H14ClN3O2S. The molecule has 0 atom stereocenters. The minimum absolute atomic E-state index is 0.171. The van der Waals surface area contributed by atoms with Crippen LogP contribution in [0.5, 0.6) is 0 Å². The van der Waals surface area contributed by atoms with Gasteiger partial charge in [0.1, 0.15) is 0 Å². The molecule has 1 heterocycles. The van der Waals surface area contributed by atoms with Gasteiger partial charge >= 0.3 is 0 Å². The van der Waals surface area contributed by atoms with Crippen molar-refractivity contribution in [2.45, 2.75) is 25.3 Å². The van der Waals surface area contributed by atoms with Crippen LogP contribution in [0.1, 0.15) is 12.5 Å². The Morgan fingerprint density at radius 2 is 2.16 bits per heavy atom. The second-order valence-corrected chi connectivity index (χ2v) is 6.11. The average Bonchev–Trinajstić information content (AvgIpc) is 2.79. The van der Waals surface area contributed by atoms with E-state index >= 15 is 0 Å². The zero-order chi connectivity index (χ0) is 14.0. The molecular weight excluding hydrogens is 286 g/mol. The van der Waals surface area contributed by atoms with Gasteiger partial charge in [-0.2, -0.15) is 5.10 Å². The molecule has 1 aromatic carbocycles. The molecule has 0 saturated carbocycles. The SMILES string of the molecule is CCn1cc(NS(=O)(=O)c2cccc(Cl)c2C)cn1. The van der Waals surface area contributed by atoms with E-state index in [9.17, 15) is 8.42 Å². The summed E-state index contributed by atoms with van der Waals surface area (Å²) in [5.74, 6) is 0. The molecule has 0 aliphatic carbocycles. The van der Waals surface area contributed by atoms with Crippen molar-refractivity contribution in [3.8, 4) is 0 Å². The molecule has 0 bridgehead atoms. The molecule has 2 aromatic rings. The summed E-state index contributed by atoms with van der Waals surface area (Å²) >= 11 is 5.94. The lowest BCUT2D eigenvalue weighted by Crippen LogP contribution is -2.14. The van der Waals surface area contributed by atoms with Gasteiger partial charge in [-0.25, -0.2) is 8.42 Å². The third-order valence-electron chi connectivity index (χ3n) is 2.72. The van der Waals surface area contributed by atoms with E-state index in [1.54, 1.807) is 29.9 Å². The molecule has 5 nitrogen and oxygen atoms in total. The smallest absolute Gasteiger partial charge is 0.262 e. The third kappa shape index (κ3) is 2.90. The number of halogens is 1. The quantitative estimate of drug-likeness (QED) is 0.944. The Morgan fingerprint density at radius 1 is 1.42 bits per heavy atom. The van der Waals surface area contributed by atoms with Gasteiger partial charge in [0.05, 0.1) is 16.8 Å². The number of nitrogens with zero attached hydrogens (tertiary/aromatic N) is 2. The van der Waals surface area contributed by atoms with Crippen LogP contribution in [0.2, 0.25) is 5.02 Å². The maximum atomic E-state index is 12.3. The van der Waals surface area contributed by atoms with Crippen molar-refractivity contribution in [1.82, 2.24) is 9.78 Å². The van der Waals surface area contributed by atoms with Crippen LogP contribution in [-0.2, 0) is 16.6 Å². The summed E-state index contributed by atoms with van der Waals surface area (Å²) in [4.78, 5) is 0.171. The monoisotopic (exact) mass is 299 g/mol. The highest BCUT2D eigenvalue weighted by molar-refractivity contribution is 7.92. The van der Waals surface area contributed by atoms with Crippen LogP contribution in [0.25, 0.3) is 0 Å². The van der Waals surface area contributed by atoms with Gasteiger partial charge in [-0.1, -0.05) is 17.7 Å². The van der Waals surface area contributed by atoms with Crippen molar-refractivity contribution in [2.24, 2.45) is 0 Å². The number of hydrogen-bond acceptors (Lipinski definition) is 3. The van der Waals surface area contributed by atoms with Gasteiger partial charge in [-0.3, -0.25) is 9.40 Å². The molecule has 0 radical (unpaired) electrons. The lowest BCUT2D eigenvalue weighted by Gasteiger charge is -2.09. The lowest BCUT2D eigenvalue weighted by atomic mass is 10.2. The van der Waals surface area contributed by atoms with Crippen molar-refractivity contribution in [1.29, 1.82) is 0 Å². The highest BCUT2D eigenvalue weighted by atomic mass is 35.5. The molecule has 0 spiro atoms. The second kappa shape index (κ2) is 5.22. The van der Waals surface area contributed by atoms with Crippen molar-refractivity contribution in [2.75, 3.05) is 4.72 Å². The number of rotatable bonds is 4. The lowest BCUT2D eigenvalue weighted by molar-refractivity contribution is 0.600. The van der Waals surface area contributed by atoms with Crippen molar-refractivity contribution in [3.63, 3.8) is 0 Å². The molecule has 1 N–H and O–H groups in total. The van der Waals surface area contributed by atoms with E-state index in [1.165, 1.54) is 12.3 Å². The normalized spacial score (nSPS) is 11.5. The predicted octanol–water partition coefficient (Wildman–Crippen LogP) is 2.67. The number of hydrogen-bond donors (Lipinski definition) is 1. The second-order valence-electron chi connectivity index (χ2n) is 4.05. The molecule has 2 rings (SSSR count). The Balaban J connectivity index is 2.35. The molecule has 102 valence electrons. The first-order valence-corrected chi connectivity index (χ1v) is 7.60. The fourth-order valence-electron chi connectivity index (χ4n) is 1.68. The molecule has 0 aliphatic rings. The predicted molar refractivity (Wildman–Crippen MR) is 74.9 cm³/mol. The number of aromatic nitrogens is 2. The standard InChI is InChI=1S/C12H14ClN3O2S/c1-3-16-8-10(7-14-16)15-19(17,18)12-6-4-5-11(13)9(12)2/h4-8,15H,3H2,1-2H3. The van der Waals surface area contributed by atoms with Gasteiger partial charge in [0.15, 0.2) is 0 Å². The molecule has 0 saturated heterocycles. The van der Waals surface area contributed by atoms with Gasteiger partial charge in [-0.15, -0.1) is 0 Å². The summed E-state index contributed by atoms with van der Waals surface area (Å²) in [5, 5.41) is 4.44. The van der Waals surface area contributed by atoms with Gasteiger partial charge in [-0.05, 0) is 31.5 Å². The van der Waals surface area contributed by atoms with E-state index in [2.05, 4.69) is 9.82 Å². The number of anilines is 1. The van der Waals surface area contributed by atoms with E-state index in [4.69, 9.17) is 11.6 Å². The molecule has 0 aliphatic heterocycles. The van der Waals surface area contributed by atoms with E-state index < -0.39 is 10.0 Å². The first-order chi connectivity index (χ1) is 8.94. The highest BCUT2D eigenvalue weighted by Gasteiger charge is 2.18. The Bertz CT molecular complexity index is 695. The van der Waals surface area contributed by atoms with E-state index in [1.807, 2.05) is 6.92 Å². The highest BCUT2D eigenvalue weighted by Crippen LogP contribution is 2.24. The van der Waals surface area contributed by atoms with Crippen LogP contribution in [0.4, 0.5) is 5.69 Å². The van der Waals surface area contributed by atoms with Crippen LogP contribution in [0, 0.1) is 6.92 Å². The number of benzene rings is 1. The maximum absolute atomic E-state index is 12.3. The minimum Gasteiger partial charge on any atom is -0.276 e. The fraction of sp³-hybridized carbons (Fsp3) is 0.250. The summed E-state index contributed by atoms with van der Waals surface area (Å²) < 4.78 is 28.7. The Morgan fingerprint density at radius 3 is 2.79 bits per heavy atom. The van der Waals surface area contributed by atoms with E-state index in [0.717, 1.165) is 0 Å². The minimum atomic E-state index is -3.65. The summed E-state index contributed by atoms with van der Waals surface area (Å²) in [7, 11) is -3.65. The van der Waals surface area contributed by atoms with Gasteiger partial charge in [0.2, 0.25) is 0 Å². The molecule has 19 heavy (non-hydrogen) atoms. The summed E-state index contributed by atoms with van der Waals surface area (Å²) in [6, 6.07) is 4.79. The largest absolute Gasteiger partial charge is 0.276 e. The van der Waals surface area contributed by atoms with E-state index in [0.29, 0.717) is 22.8 Å². The topological polar surface area (TPSA) is 64.0 Å². The summed E-state index contributed by atoms with van der Waals surface area (Å²) in [6.45, 7) is 4.27. The zero-order valence-corrected chi connectivity index (χ0v) is 12.2. The number of sulfonamides is 1. The van der Waals surface area contributed by atoms with Gasteiger partial charge in [0, 0.05) is 17.8 Å². The van der Waals surface area contributed by atoms with E-state index in [-0.39, 0.29) is 4.90 Å². The average molecular weight is 300 g/mol. The van der Waals surface area contributed by atoms with Crippen LogP contribution < -0.4 is 4.72 Å². The third-order valence-corrected chi connectivity index (χ3v) is 4.65. The van der Waals surface area contributed by atoms with Gasteiger partial charge < -0.3 is 0 Å². The van der Waals surface area contributed by atoms with Crippen molar-refractivity contribution in [3.05, 3.63) is 41.2 Å². The van der Waals surface area contributed by atoms with Crippen LogP contribution in [0.3, 0.4) is 0 Å². The first-order valence-electron chi connectivity index (χ1n) is 5.74. The maximum Gasteiger partial charge on any atom is 0.262 e. The number of aryl methyl sites for hydroxylation is 1. The molecule has 1 aromatic heterocycles. The molecule has 0 unspecified atom stereocenters. The summed E-state index contributed by atoms with van der Waals surface area (Å²) in [6.07, 6.45) is 3.11. The zero-order valence-electron chi connectivity index (χ0n) is 10.6. The van der Waals surface area contributed by atoms with Crippen LogP contribution in [-0.4, -0.2) is 18.2 Å².